The molecule has 1 N–H and O–H groups in total. The standard InChI is InChI=1S/C9H14N2O3S/c1-6(2)11-8-3-4-15(13,14)5-7(8)9(12)10-11/h6H,3-5H2,1-2H3,(H,10,12). The van der Waals surface area contributed by atoms with Crippen LogP contribution in [-0.4, -0.2) is 24.0 Å². The van der Waals surface area contributed by atoms with Gasteiger partial charge in [0, 0.05) is 18.2 Å². The lowest BCUT2D eigenvalue weighted by molar-refractivity contribution is 0.505. The van der Waals surface area contributed by atoms with E-state index in [-0.39, 0.29) is 23.1 Å². The summed E-state index contributed by atoms with van der Waals surface area (Å²) < 4.78 is 24.5. The van der Waals surface area contributed by atoms with Crippen molar-refractivity contribution in [1.82, 2.24) is 9.78 Å². The number of aromatic nitrogens is 2. The number of nitrogens with one attached hydrogen (secondary N) is 1. The first-order chi connectivity index (χ1) is 6.91. The number of fused-ring (bicyclic) bond motifs is 1. The highest BCUT2D eigenvalue weighted by atomic mass is 32.2. The highest BCUT2D eigenvalue weighted by Crippen LogP contribution is 2.19. The number of hydrogen-bond acceptors (Lipinski definition) is 3. The topological polar surface area (TPSA) is 71.9 Å². The Hall–Kier alpha value is -1.04. The van der Waals surface area contributed by atoms with Crippen LogP contribution in [0, 0.1) is 0 Å². The van der Waals surface area contributed by atoms with Crippen molar-refractivity contribution in [2.45, 2.75) is 32.1 Å². The van der Waals surface area contributed by atoms with E-state index in [0.29, 0.717) is 12.0 Å². The van der Waals surface area contributed by atoms with Crippen LogP contribution in [0.2, 0.25) is 0 Å². The van der Waals surface area contributed by atoms with Gasteiger partial charge in [0.15, 0.2) is 9.84 Å². The summed E-state index contributed by atoms with van der Waals surface area (Å²) in [5, 5.41) is 2.69. The Kier molecular flexibility index (Phi) is 2.26. The first-order valence-corrected chi connectivity index (χ1v) is 6.75. The van der Waals surface area contributed by atoms with Gasteiger partial charge in [0.2, 0.25) is 0 Å². The Morgan fingerprint density at radius 2 is 2.07 bits per heavy atom. The van der Waals surface area contributed by atoms with Crippen LogP contribution in [0.1, 0.15) is 31.1 Å². The SMILES string of the molecule is CC(C)n1[nH]c(=O)c2c1CCS(=O)(=O)C2. The minimum atomic E-state index is -3.06. The Morgan fingerprint density at radius 3 is 2.67 bits per heavy atom. The maximum absolute atomic E-state index is 11.5. The third kappa shape index (κ3) is 1.73. The summed E-state index contributed by atoms with van der Waals surface area (Å²) in [5.41, 5.74) is 1.02. The second-order valence-electron chi connectivity index (χ2n) is 4.17. The van der Waals surface area contributed by atoms with E-state index in [1.54, 1.807) is 4.68 Å². The molecule has 5 nitrogen and oxygen atoms in total. The summed E-state index contributed by atoms with van der Waals surface area (Å²) in [7, 11) is -3.06. The molecule has 15 heavy (non-hydrogen) atoms. The van der Waals surface area contributed by atoms with Gasteiger partial charge in [-0.3, -0.25) is 14.6 Å². The number of sulfone groups is 1. The molecule has 6 heteroatoms. The molecule has 0 saturated heterocycles. The van der Waals surface area contributed by atoms with Gasteiger partial charge in [-0.05, 0) is 13.8 Å². The largest absolute Gasteiger partial charge is 0.286 e. The van der Waals surface area contributed by atoms with Crippen LogP contribution in [0.3, 0.4) is 0 Å². The van der Waals surface area contributed by atoms with Gasteiger partial charge in [0.1, 0.15) is 0 Å². The Morgan fingerprint density at radius 1 is 1.40 bits per heavy atom. The van der Waals surface area contributed by atoms with E-state index in [9.17, 15) is 13.2 Å². The average Bonchev–Trinajstić information content (AvgIpc) is 2.42. The second kappa shape index (κ2) is 3.23. The lowest BCUT2D eigenvalue weighted by Gasteiger charge is -2.16. The predicted octanol–water partition coefficient (Wildman–Crippen LogP) is 0.228. The maximum atomic E-state index is 11.5. The summed E-state index contributed by atoms with van der Waals surface area (Å²) in [6.45, 7) is 3.92. The van der Waals surface area contributed by atoms with E-state index >= 15 is 0 Å². The van der Waals surface area contributed by atoms with Crippen LogP contribution < -0.4 is 5.56 Å². The van der Waals surface area contributed by atoms with E-state index in [2.05, 4.69) is 5.10 Å². The highest BCUT2D eigenvalue weighted by molar-refractivity contribution is 7.90. The number of hydrogen-bond donors (Lipinski definition) is 1. The molecule has 0 aliphatic carbocycles. The van der Waals surface area contributed by atoms with E-state index in [1.165, 1.54) is 0 Å². The molecule has 1 aliphatic heterocycles. The first-order valence-electron chi connectivity index (χ1n) is 4.93. The van der Waals surface area contributed by atoms with Crippen molar-refractivity contribution < 1.29 is 8.42 Å². The zero-order chi connectivity index (χ0) is 11.2. The summed E-state index contributed by atoms with van der Waals surface area (Å²) in [5.74, 6) is 0.0292. The summed E-state index contributed by atoms with van der Waals surface area (Å²) in [4.78, 5) is 11.5. The molecule has 1 aromatic rings. The smallest absolute Gasteiger partial charge is 0.268 e. The molecule has 1 aliphatic rings. The van der Waals surface area contributed by atoms with Crippen LogP contribution in [-0.2, 0) is 22.0 Å². The molecule has 0 saturated carbocycles. The van der Waals surface area contributed by atoms with Gasteiger partial charge in [-0.1, -0.05) is 0 Å². The fourth-order valence-electron chi connectivity index (χ4n) is 1.93. The minimum Gasteiger partial charge on any atom is -0.286 e. The third-order valence-electron chi connectivity index (χ3n) is 2.67. The molecule has 2 heterocycles. The van der Waals surface area contributed by atoms with Crippen molar-refractivity contribution in [1.29, 1.82) is 0 Å². The molecule has 0 atom stereocenters. The molecule has 84 valence electrons. The van der Waals surface area contributed by atoms with Crippen molar-refractivity contribution in [3.8, 4) is 0 Å². The van der Waals surface area contributed by atoms with E-state index in [1.807, 2.05) is 13.8 Å². The zero-order valence-corrected chi connectivity index (χ0v) is 9.60. The van der Waals surface area contributed by atoms with Gasteiger partial charge in [-0.25, -0.2) is 8.42 Å². The van der Waals surface area contributed by atoms with Crippen LogP contribution in [0.5, 0.6) is 0 Å². The molecular formula is C9H14N2O3S. The van der Waals surface area contributed by atoms with Gasteiger partial charge < -0.3 is 0 Å². The van der Waals surface area contributed by atoms with Gasteiger partial charge >= 0.3 is 0 Å². The zero-order valence-electron chi connectivity index (χ0n) is 8.78. The Labute approximate surface area is 88.0 Å². The number of nitrogens with zero attached hydrogens (tertiary/aromatic N) is 1. The molecule has 1 aromatic heterocycles. The van der Waals surface area contributed by atoms with Crippen LogP contribution in [0.25, 0.3) is 0 Å². The molecule has 0 amide bonds. The molecule has 0 aromatic carbocycles. The second-order valence-corrected chi connectivity index (χ2v) is 6.36. The van der Waals surface area contributed by atoms with Crippen LogP contribution >= 0.6 is 0 Å². The highest BCUT2D eigenvalue weighted by Gasteiger charge is 2.27. The van der Waals surface area contributed by atoms with Gasteiger partial charge in [-0.15, -0.1) is 0 Å². The monoisotopic (exact) mass is 230 g/mol. The lowest BCUT2D eigenvalue weighted by Crippen LogP contribution is -2.23. The van der Waals surface area contributed by atoms with Crippen molar-refractivity contribution in [3.63, 3.8) is 0 Å². The molecule has 0 fully saturated rings. The quantitative estimate of drug-likeness (QED) is 0.750. The van der Waals surface area contributed by atoms with E-state index in [0.717, 1.165) is 5.69 Å². The normalized spacial score (nSPS) is 19.1. The van der Waals surface area contributed by atoms with Crippen molar-refractivity contribution in [2.24, 2.45) is 0 Å². The van der Waals surface area contributed by atoms with Crippen molar-refractivity contribution >= 4 is 9.84 Å². The van der Waals surface area contributed by atoms with Crippen molar-refractivity contribution in [2.75, 3.05) is 5.75 Å². The molecule has 0 unspecified atom stereocenters. The van der Waals surface area contributed by atoms with E-state index in [4.69, 9.17) is 0 Å². The third-order valence-corrected chi connectivity index (χ3v) is 4.22. The van der Waals surface area contributed by atoms with Gasteiger partial charge in [0.05, 0.1) is 17.1 Å². The van der Waals surface area contributed by atoms with Crippen LogP contribution in [0.4, 0.5) is 0 Å². The fourth-order valence-corrected chi connectivity index (χ4v) is 3.31. The van der Waals surface area contributed by atoms with E-state index < -0.39 is 9.84 Å². The Balaban J connectivity index is 2.59. The summed E-state index contributed by atoms with van der Waals surface area (Å²) in [6, 6.07) is 0.155. The van der Waals surface area contributed by atoms with Crippen LogP contribution in [0.15, 0.2) is 4.79 Å². The first kappa shape index (κ1) is 10.5. The molecule has 0 bridgehead atoms. The summed E-state index contributed by atoms with van der Waals surface area (Å²) >= 11 is 0. The molecule has 2 rings (SSSR count). The van der Waals surface area contributed by atoms with Crippen molar-refractivity contribution in [3.05, 3.63) is 21.6 Å². The molecule has 0 spiro atoms. The van der Waals surface area contributed by atoms with Gasteiger partial charge in [-0.2, -0.15) is 0 Å². The lowest BCUT2D eigenvalue weighted by atomic mass is 10.2. The Bertz CT molecular complexity index is 536. The molecular weight excluding hydrogens is 216 g/mol. The number of aromatic amines is 1. The summed E-state index contributed by atoms with van der Waals surface area (Å²) in [6.07, 6.45) is 0.439. The fraction of sp³-hybridized carbons (Fsp3) is 0.667. The molecule has 0 radical (unpaired) electrons. The maximum Gasteiger partial charge on any atom is 0.268 e. The minimum absolute atomic E-state index is 0.114. The number of H-pyrrole nitrogens is 1. The van der Waals surface area contributed by atoms with Gasteiger partial charge in [0.25, 0.3) is 5.56 Å². The average molecular weight is 230 g/mol. The predicted molar refractivity (Wildman–Crippen MR) is 56.6 cm³/mol. The number of rotatable bonds is 1.